The van der Waals surface area contributed by atoms with Gasteiger partial charge in [0.25, 0.3) is 0 Å². The number of halogens is 2. The van der Waals surface area contributed by atoms with Crippen molar-refractivity contribution in [2.24, 2.45) is 0 Å². The summed E-state index contributed by atoms with van der Waals surface area (Å²) in [6, 6.07) is 0. The molecule has 1 aliphatic rings. The Kier molecular flexibility index (Phi) is 40.8. The standard InChI is InChI=1S/C5H4.2ClH.2Hg/c1-2-4-5-3-1;;;;/h1-4H;2*1H;;/q;;;2*+1/p-2. The molecule has 9 heavy (non-hydrogen) atoms. The van der Waals surface area contributed by atoms with Crippen molar-refractivity contribution in [3.63, 3.8) is 0 Å². The Labute approximate surface area is 109 Å². The predicted octanol–water partition coefficient (Wildman–Crippen LogP) is -4.73. The summed E-state index contributed by atoms with van der Waals surface area (Å²) in [5, 5.41) is 0. The minimum atomic E-state index is 0. The Morgan fingerprint density at radius 1 is 0.778 bits per heavy atom. The van der Waals surface area contributed by atoms with Gasteiger partial charge in [-0.3, -0.25) is 0 Å². The second-order valence-corrected chi connectivity index (χ2v) is 0.885. The van der Waals surface area contributed by atoms with Crippen LogP contribution in [0, 0.1) is 0 Å². The van der Waals surface area contributed by atoms with Gasteiger partial charge in [-0.2, -0.15) is 0 Å². The van der Waals surface area contributed by atoms with E-state index in [2.05, 4.69) is 5.73 Å². The number of hydrogen-bond acceptors (Lipinski definition) is 0. The summed E-state index contributed by atoms with van der Waals surface area (Å²) >= 11 is 0. The molecule has 1 rings (SSSR count). The summed E-state index contributed by atoms with van der Waals surface area (Å²) in [7, 11) is 0. The van der Waals surface area contributed by atoms with Crippen LogP contribution in [0.25, 0.3) is 0 Å². The average Bonchev–Trinajstić information content (AvgIpc) is 1.76. The van der Waals surface area contributed by atoms with E-state index in [0.29, 0.717) is 0 Å². The van der Waals surface area contributed by atoms with E-state index < -0.39 is 0 Å². The third-order valence-corrected chi connectivity index (χ3v) is 0.496. The van der Waals surface area contributed by atoms with Crippen LogP contribution in [0.3, 0.4) is 0 Å². The van der Waals surface area contributed by atoms with Gasteiger partial charge in [0.15, 0.2) is 0 Å². The fourth-order valence-electron chi connectivity index (χ4n) is 0.278. The largest absolute Gasteiger partial charge is 1.00 e. The van der Waals surface area contributed by atoms with Gasteiger partial charge in [-0.25, -0.2) is 0 Å². The van der Waals surface area contributed by atoms with Gasteiger partial charge >= 0.3 is 55.3 Å². The quantitative estimate of drug-likeness (QED) is 0.216. The molecule has 0 bridgehead atoms. The van der Waals surface area contributed by atoms with Gasteiger partial charge in [-0.1, -0.05) is 12.2 Å². The molecule has 0 heterocycles. The molecule has 0 nitrogen and oxygen atoms in total. The van der Waals surface area contributed by atoms with E-state index in [-0.39, 0.29) is 80.2 Å². The van der Waals surface area contributed by atoms with Crippen molar-refractivity contribution in [1.29, 1.82) is 0 Å². The fraction of sp³-hybridized carbons (Fsp3) is 0. The first-order chi connectivity index (χ1) is 2.50. The Balaban J connectivity index is -0.0000000312. The van der Waals surface area contributed by atoms with Gasteiger partial charge < -0.3 is 24.8 Å². The molecule has 0 unspecified atom stereocenters. The summed E-state index contributed by atoms with van der Waals surface area (Å²) in [6.45, 7) is 0. The second kappa shape index (κ2) is 16.4. The molecule has 0 aromatic heterocycles. The predicted molar refractivity (Wildman–Crippen MR) is 21.8 cm³/mol. The number of allylic oxidation sites excluding steroid dienone is 3. The first kappa shape index (κ1) is 22.4. The van der Waals surface area contributed by atoms with E-state index in [1.165, 1.54) is 0 Å². The van der Waals surface area contributed by atoms with Gasteiger partial charge in [0.05, 0.1) is 0 Å². The molecule has 0 aliphatic heterocycles. The zero-order chi connectivity index (χ0) is 3.54. The van der Waals surface area contributed by atoms with E-state index in [9.17, 15) is 0 Å². The zero-order valence-electron chi connectivity index (χ0n) is 4.98. The summed E-state index contributed by atoms with van der Waals surface area (Å²) in [5.74, 6) is 0. The van der Waals surface area contributed by atoms with Crippen molar-refractivity contribution in [2.75, 3.05) is 0 Å². The van der Waals surface area contributed by atoms with Crippen molar-refractivity contribution in [2.45, 2.75) is 0 Å². The van der Waals surface area contributed by atoms with E-state index in [0.717, 1.165) is 0 Å². The molecular formula is C5H4Cl2Hg2. The molecule has 1 aliphatic carbocycles. The minimum absolute atomic E-state index is 0. The van der Waals surface area contributed by atoms with Crippen LogP contribution in [0.2, 0.25) is 0 Å². The van der Waals surface area contributed by atoms with Gasteiger partial charge in [0.2, 0.25) is 0 Å². The molecule has 4 heteroatoms. The SMILES string of the molecule is C1=CC=CC=1.[Cl-].[Cl-].[Hg+].[Hg+]. The van der Waals surface area contributed by atoms with Crippen LogP contribution < -0.4 is 24.8 Å². The van der Waals surface area contributed by atoms with Crippen molar-refractivity contribution < 1.29 is 80.2 Å². The van der Waals surface area contributed by atoms with Gasteiger partial charge in [-0.05, 0) is 12.2 Å². The summed E-state index contributed by atoms with van der Waals surface area (Å²) < 4.78 is 0. The molecular weight excluding hydrogens is 532 g/mol. The average molecular weight is 536 g/mol. The van der Waals surface area contributed by atoms with E-state index in [4.69, 9.17) is 0 Å². The first-order valence-corrected chi connectivity index (χ1v) is 1.58. The molecule has 2 radical (unpaired) electrons. The third-order valence-electron chi connectivity index (χ3n) is 0.496. The summed E-state index contributed by atoms with van der Waals surface area (Å²) in [4.78, 5) is 0. The molecule has 0 atom stereocenters. The molecule has 0 saturated carbocycles. The van der Waals surface area contributed by atoms with Crippen molar-refractivity contribution in [3.05, 3.63) is 30.0 Å². The molecule has 0 spiro atoms. The summed E-state index contributed by atoms with van der Waals surface area (Å²) in [6.07, 6.45) is 7.64. The van der Waals surface area contributed by atoms with Gasteiger partial charge in [-0.15, -0.1) is 5.73 Å². The van der Waals surface area contributed by atoms with Crippen molar-refractivity contribution in [3.8, 4) is 0 Å². The molecule has 0 saturated heterocycles. The second-order valence-electron chi connectivity index (χ2n) is 0.885. The number of rotatable bonds is 0. The monoisotopic (exact) mass is 538 g/mol. The van der Waals surface area contributed by atoms with Crippen molar-refractivity contribution >= 4 is 0 Å². The topological polar surface area (TPSA) is 0 Å². The molecule has 42 valence electrons. The van der Waals surface area contributed by atoms with Crippen LogP contribution in [0.15, 0.2) is 30.0 Å². The van der Waals surface area contributed by atoms with E-state index >= 15 is 0 Å². The Morgan fingerprint density at radius 3 is 1.22 bits per heavy atom. The number of hydrogen-bond donors (Lipinski definition) is 0. The normalized spacial score (nSPS) is 8.00. The Bertz CT molecular complexity index is 104. The van der Waals surface area contributed by atoms with Crippen LogP contribution in [0.1, 0.15) is 0 Å². The first-order valence-electron chi connectivity index (χ1n) is 1.58. The molecule has 0 aromatic carbocycles. The van der Waals surface area contributed by atoms with Crippen LogP contribution in [0.5, 0.6) is 0 Å². The van der Waals surface area contributed by atoms with E-state index in [1.807, 2.05) is 24.3 Å². The Morgan fingerprint density at radius 2 is 1.11 bits per heavy atom. The minimum Gasteiger partial charge on any atom is -1.00 e. The van der Waals surface area contributed by atoms with Crippen LogP contribution in [-0.4, -0.2) is 0 Å². The maximum Gasteiger partial charge on any atom is 1.00 e. The maximum absolute atomic E-state index is 2.86. The molecule has 0 aromatic rings. The Hall–Kier alpha value is 1.71. The van der Waals surface area contributed by atoms with Gasteiger partial charge in [0.1, 0.15) is 0 Å². The molecule has 0 fully saturated rings. The molecule has 0 N–H and O–H groups in total. The van der Waals surface area contributed by atoms with Gasteiger partial charge in [0, 0.05) is 0 Å². The third kappa shape index (κ3) is 12.8. The smallest absolute Gasteiger partial charge is 1.00 e. The summed E-state index contributed by atoms with van der Waals surface area (Å²) in [5.41, 5.74) is 2.86. The molecule has 0 amide bonds. The van der Waals surface area contributed by atoms with Crippen LogP contribution in [0.4, 0.5) is 0 Å². The van der Waals surface area contributed by atoms with Crippen LogP contribution in [-0.2, 0) is 55.3 Å². The maximum atomic E-state index is 2.86. The zero-order valence-corrected chi connectivity index (χ0v) is 17.5. The van der Waals surface area contributed by atoms with Crippen LogP contribution >= 0.6 is 0 Å². The van der Waals surface area contributed by atoms with Crippen molar-refractivity contribution in [1.82, 2.24) is 0 Å². The fourth-order valence-corrected chi connectivity index (χ4v) is 0.278. The van der Waals surface area contributed by atoms with E-state index in [1.54, 1.807) is 0 Å².